The number of nitrogens with one attached hydrogen (secondary N) is 1. The molecule has 0 aliphatic heterocycles. The molecule has 110 valence electrons. The first-order chi connectivity index (χ1) is 9.43. The van der Waals surface area contributed by atoms with Gasteiger partial charge in [-0.15, -0.1) is 0 Å². The van der Waals surface area contributed by atoms with E-state index < -0.39 is 0 Å². The SMILES string of the molecule is CCCC(C)NC(=O)COc1ccc(C)cc1C(C)=O. The van der Waals surface area contributed by atoms with Crippen LogP contribution in [0, 0.1) is 6.92 Å². The van der Waals surface area contributed by atoms with Crippen LogP contribution in [0.15, 0.2) is 18.2 Å². The van der Waals surface area contributed by atoms with Gasteiger partial charge in [-0.1, -0.05) is 25.0 Å². The first kappa shape index (κ1) is 16.2. The Kier molecular flexibility index (Phi) is 6.22. The number of benzene rings is 1. The predicted octanol–water partition coefficient (Wildman–Crippen LogP) is 2.88. The average Bonchev–Trinajstić information content (AvgIpc) is 2.37. The summed E-state index contributed by atoms with van der Waals surface area (Å²) in [6.07, 6.45) is 1.96. The van der Waals surface area contributed by atoms with Crippen LogP contribution in [0.5, 0.6) is 5.75 Å². The van der Waals surface area contributed by atoms with E-state index in [1.165, 1.54) is 6.92 Å². The van der Waals surface area contributed by atoms with Gasteiger partial charge in [-0.3, -0.25) is 9.59 Å². The van der Waals surface area contributed by atoms with Crippen molar-refractivity contribution in [2.45, 2.75) is 46.6 Å². The van der Waals surface area contributed by atoms with Crippen molar-refractivity contribution in [2.75, 3.05) is 6.61 Å². The zero-order chi connectivity index (χ0) is 15.1. The largest absolute Gasteiger partial charge is 0.483 e. The van der Waals surface area contributed by atoms with Crippen molar-refractivity contribution in [3.63, 3.8) is 0 Å². The molecule has 0 saturated carbocycles. The Hall–Kier alpha value is -1.84. The van der Waals surface area contributed by atoms with Gasteiger partial charge in [0.15, 0.2) is 12.4 Å². The van der Waals surface area contributed by atoms with E-state index in [0.717, 1.165) is 18.4 Å². The summed E-state index contributed by atoms with van der Waals surface area (Å²) in [5, 5.41) is 2.86. The predicted molar refractivity (Wildman–Crippen MR) is 79.2 cm³/mol. The highest BCUT2D eigenvalue weighted by molar-refractivity contribution is 5.97. The monoisotopic (exact) mass is 277 g/mol. The fourth-order valence-electron chi connectivity index (χ4n) is 2.01. The van der Waals surface area contributed by atoms with Gasteiger partial charge in [0, 0.05) is 6.04 Å². The Labute approximate surface area is 120 Å². The lowest BCUT2D eigenvalue weighted by molar-refractivity contribution is -0.123. The second-order valence-electron chi connectivity index (χ2n) is 5.10. The molecule has 4 nitrogen and oxygen atoms in total. The quantitative estimate of drug-likeness (QED) is 0.780. The fourth-order valence-corrected chi connectivity index (χ4v) is 2.01. The van der Waals surface area contributed by atoms with Crippen LogP contribution in [0.3, 0.4) is 0 Å². The zero-order valence-corrected chi connectivity index (χ0v) is 12.7. The summed E-state index contributed by atoms with van der Waals surface area (Å²) in [7, 11) is 0. The maximum absolute atomic E-state index is 11.7. The van der Waals surface area contributed by atoms with Crippen molar-refractivity contribution in [3.05, 3.63) is 29.3 Å². The van der Waals surface area contributed by atoms with Crippen molar-refractivity contribution >= 4 is 11.7 Å². The third kappa shape index (κ3) is 5.03. The number of ketones is 1. The molecule has 0 bridgehead atoms. The Morgan fingerprint density at radius 3 is 2.65 bits per heavy atom. The van der Waals surface area contributed by atoms with E-state index in [1.54, 1.807) is 12.1 Å². The van der Waals surface area contributed by atoms with E-state index in [1.807, 2.05) is 19.9 Å². The minimum Gasteiger partial charge on any atom is -0.483 e. The number of ether oxygens (including phenoxy) is 1. The van der Waals surface area contributed by atoms with E-state index in [9.17, 15) is 9.59 Å². The lowest BCUT2D eigenvalue weighted by Crippen LogP contribution is -2.36. The fraction of sp³-hybridized carbons (Fsp3) is 0.500. The molecule has 4 heteroatoms. The minimum atomic E-state index is -0.166. The van der Waals surface area contributed by atoms with Gasteiger partial charge in [-0.25, -0.2) is 0 Å². The highest BCUT2D eigenvalue weighted by atomic mass is 16.5. The number of hydrogen-bond acceptors (Lipinski definition) is 3. The number of Topliss-reactive ketones (excluding diaryl/α,β-unsaturated/α-hetero) is 1. The van der Waals surface area contributed by atoms with Crippen LogP contribution in [-0.4, -0.2) is 24.3 Å². The maximum atomic E-state index is 11.7. The van der Waals surface area contributed by atoms with Gasteiger partial charge in [0.05, 0.1) is 5.56 Å². The lowest BCUT2D eigenvalue weighted by Gasteiger charge is -2.14. The molecule has 1 unspecified atom stereocenters. The third-order valence-electron chi connectivity index (χ3n) is 3.00. The van der Waals surface area contributed by atoms with E-state index in [-0.39, 0.29) is 24.3 Å². The molecule has 0 spiro atoms. The van der Waals surface area contributed by atoms with Crippen LogP contribution in [-0.2, 0) is 4.79 Å². The van der Waals surface area contributed by atoms with Crippen molar-refractivity contribution in [1.29, 1.82) is 0 Å². The average molecular weight is 277 g/mol. The number of amides is 1. The molecule has 0 aliphatic carbocycles. The van der Waals surface area contributed by atoms with Crippen molar-refractivity contribution in [3.8, 4) is 5.75 Å². The molecular weight excluding hydrogens is 254 g/mol. The molecule has 0 fully saturated rings. The first-order valence-electron chi connectivity index (χ1n) is 6.97. The van der Waals surface area contributed by atoms with E-state index >= 15 is 0 Å². The lowest BCUT2D eigenvalue weighted by atomic mass is 10.1. The summed E-state index contributed by atoms with van der Waals surface area (Å²) in [6.45, 7) is 7.37. The Balaban J connectivity index is 2.61. The van der Waals surface area contributed by atoms with Gasteiger partial charge >= 0.3 is 0 Å². The Morgan fingerprint density at radius 2 is 2.05 bits per heavy atom. The summed E-state index contributed by atoms with van der Waals surface area (Å²) < 4.78 is 5.46. The minimum absolute atomic E-state index is 0.0662. The van der Waals surface area contributed by atoms with Crippen molar-refractivity contribution < 1.29 is 14.3 Å². The molecule has 1 aromatic carbocycles. The normalized spacial score (nSPS) is 11.8. The van der Waals surface area contributed by atoms with Crippen LogP contribution in [0.4, 0.5) is 0 Å². The molecule has 1 N–H and O–H groups in total. The van der Waals surface area contributed by atoms with Crippen LogP contribution in [0.25, 0.3) is 0 Å². The molecule has 0 heterocycles. The van der Waals surface area contributed by atoms with E-state index in [0.29, 0.717) is 11.3 Å². The number of carbonyl (C=O) groups is 2. The topological polar surface area (TPSA) is 55.4 Å². The zero-order valence-electron chi connectivity index (χ0n) is 12.7. The Morgan fingerprint density at radius 1 is 1.35 bits per heavy atom. The summed E-state index contributed by atoms with van der Waals surface area (Å²) in [4.78, 5) is 23.3. The summed E-state index contributed by atoms with van der Waals surface area (Å²) >= 11 is 0. The molecule has 0 saturated heterocycles. The van der Waals surface area contributed by atoms with Gasteiger partial charge in [0.2, 0.25) is 0 Å². The number of hydrogen-bond donors (Lipinski definition) is 1. The molecular formula is C16H23NO3. The molecule has 1 atom stereocenters. The van der Waals surface area contributed by atoms with Gasteiger partial charge in [0.1, 0.15) is 5.75 Å². The van der Waals surface area contributed by atoms with Crippen LogP contribution >= 0.6 is 0 Å². The Bertz CT molecular complexity index is 483. The molecule has 0 aliphatic rings. The van der Waals surface area contributed by atoms with Crippen LogP contribution < -0.4 is 10.1 Å². The second kappa shape index (κ2) is 7.68. The molecule has 20 heavy (non-hydrogen) atoms. The standard InChI is InChI=1S/C16H23NO3/c1-5-6-12(3)17-16(19)10-20-15-8-7-11(2)9-14(15)13(4)18/h7-9,12H,5-6,10H2,1-4H3,(H,17,19). The molecule has 0 radical (unpaired) electrons. The third-order valence-corrected chi connectivity index (χ3v) is 3.00. The van der Waals surface area contributed by atoms with Gasteiger partial charge < -0.3 is 10.1 Å². The summed E-state index contributed by atoms with van der Waals surface area (Å²) in [5.74, 6) is 0.228. The highest BCUT2D eigenvalue weighted by Crippen LogP contribution is 2.20. The van der Waals surface area contributed by atoms with Crippen LogP contribution in [0.1, 0.15) is 49.5 Å². The summed E-state index contributed by atoms with van der Waals surface area (Å²) in [5.41, 5.74) is 1.50. The van der Waals surface area contributed by atoms with Crippen LogP contribution in [0.2, 0.25) is 0 Å². The molecule has 1 rings (SSSR count). The smallest absolute Gasteiger partial charge is 0.258 e. The molecule has 1 amide bonds. The van der Waals surface area contributed by atoms with Crippen molar-refractivity contribution in [2.24, 2.45) is 0 Å². The number of carbonyl (C=O) groups excluding carboxylic acids is 2. The molecule has 0 aromatic heterocycles. The van der Waals surface area contributed by atoms with E-state index in [2.05, 4.69) is 12.2 Å². The van der Waals surface area contributed by atoms with Gasteiger partial charge in [-0.05, 0) is 39.3 Å². The summed E-state index contributed by atoms with van der Waals surface area (Å²) in [6, 6.07) is 5.50. The van der Waals surface area contributed by atoms with Crippen molar-refractivity contribution in [1.82, 2.24) is 5.32 Å². The number of rotatable bonds is 7. The molecule has 1 aromatic rings. The van der Waals surface area contributed by atoms with Gasteiger partial charge in [-0.2, -0.15) is 0 Å². The highest BCUT2D eigenvalue weighted by Gasteiger charge is 2.11. The maximum Gasteiger partial charge on any atom is 0.258 e. The number of aryl methyl sites for hydroxylation is 1. The first-order valence-corrected chi connectivity index (χ1v) is 6.97. The van der Waals surface area contributed by atoms with E-state index in [4.69, 9.17) is 4.74 Å². The second-order valence-corrected chi connectivity index (χ2v) is 5.10. The van der Waals surface area contributed by atoms with Gasteiger partial charge in [0.25, 0.3) is 5.91 Å².